The Balaban J connectivity index is 1.66. The maximum Gasteiger partial charge on any atom is 0.446 e. The molecule has 0 atom stereocenters. The minimum absolute atomic E-state index is 0.00200. The van der Waals surface area contributed by atoms with Crippen LogP contribution in [0.1, 0.15) is 20.7 Å². The summed E-state index contributed by atoms with van der Waals surface area (Å²) in [5.74, 6) is -0.618. The van der Waals surface area contributed by atoms with Crippen molar-refractivity contribution >= 4 is 29.3 Å². The summed E-state index contributed by atoms with van der Waals surface area (Å²) in [6, 6.07) is 11.7. The normalized spacial score (nSPS) is 14.6. The first-order chi connectivity index (χ1) is 13.3. The lowest BCUT2D eigenvalue weighted by atomic mass is 10.1. The van der Waals surface area contributed by atoms with Crippen LogP contribution in [0.5, 0.6) is 0 Å². The Morgan fingerprint density at radius 2 is 1.68 bits per heavy atom. The van der Waals surface area contributed by atoms with Crippen LogP contribution in [0.4, 0.5) is 18.9 Å². The fourth-order valence-electron chi connectivity index (χ4n) is 2.69. The molecule has 1 aliphatic rings. The van der Waals surface area contributed by atoms with E-state index >= 15 is 0 Å². The molecule has 0 aliphatic carbocycles. The summed E-state index contributed by atoms with van der Waals surface area (Å²) in [5.41, 5.74) is -3.29. The molecule has 1 aliphatic heterocycles. The van der Waals surface area contributed by atoms with Crippen LogP contribution in [-0.4, -0.2) is 48.5 Å². The molecule has 1 saturated heterocycles. The predicted molar refractivity (Wildman–Crippen MR) is 99.5 cm³/mol. The number of hydrogen-bond acceptors (Lipinski definition) is 4. The summed E-state index contributed by atoms with van der Waals surface area (Å²) in [6.07, 6.45) is 0. The van der Waals surface area contributed by atoms with E-state index in [1.807, 2.05) is 0 Å². The van der Waals surface area contributed by atoms with Crippen LogP contribution < -0.4 is 5.32 Å². The van der Waals surface area contributed by atoms with Crippen molar-refractivity contribution in [3.63, 3.8) is 0 Å². The number of carbonyl (C=O) groups excluding carboxylic acids is 2. The number of nitrogens with one attached hydrogen (secondary N) is 1. The Morgan fingerprint density at radius 1 is 1.00 bits per heavy atom. The molecule has 28 heavy (non-hydrogen) atoms. The van der Waals surface area contributed by atoms with Gasteiger partial charge in [0.25, 0.3) is 11.8 Å². The molecule has 1 N–H and O–H groups in total. The first kappa shape index (κ1) is 20.2. The number of benzene rings is 2. The molecule has 2 amide bonds. The number of alkyl halides is 3. The third-order valence-corrected chi connectivity index (χ3v) is 4.76. The summed E-state index contributed by atoms with van der Waals surface area (Å²) in [6.45, 7) is 2.00. The molecule has 2 aromatic rings. The Labute approximate surface area is 163 Å². The van der Waals surface area contributed by atoms with Gasteiger partial charge in [0.2, 0.25) is 0 Å². The second-order valence-corrected chi connectivity index (χ2v) is 7.15. The molecular weight excluding hydrogens is 393 g/mol. The highest BCUT2D eigenvalue weighted by Gasteiger charge is 2.29. The lowest BCUT2D eigenvalue weighted by Crippen LogP contribution is -2.40. The van der Waals surface area contributed by atoms with Gasteiger partial charge in [-0.3, -0.25) is 9.59 Å². The van der Waals surface area contributed by atoms with Crippen molar-refractivity contribution < 1.29 is 27.5 Å². The fraction of sp³-hybridized carbons (Fsp3) is 0.263. The molecule has 1 fully saturated rings. The van der Waals surface area contributed by atoms with E-state index in [0.717, 1.165) is 0 Å². The van der Waals surface area contributed by atoms with Crippen molar-refractivity contribution in [1.29, 1.82) is 0 Å². The fourth-order valence-corrected chi connectivity index (χ4v) is 3.23. The zero-order valence-electron chi connectivity index (χ0n) is 14.7. The second-order valence-electron chi connectivity index (χ2n) is 6.01. The summed E-state index contributed by atoms with van der Waals surface area (Å²) < 4.78 is 42.3. The van der Waals surface area contributed by atoms with E-state index in [2.05, 4.69) is 5.32 Å². The minimum atomic E-state index is -4.38. The monoisotopic (exact) mass is 410 g/mol. The second kappa shape index (κ2) is 8.66. The van der Waals surface area contributed by atoms with Crippen LogP contribution in [0.15, 0.2) is 53.4 Å². The standard InChI is InChI=1S/C19H17F3N2O3S/c20-19(21,22)28-16-6-4-13(5-7-16)17(25)23-15-3-1-2-14(12-15)18(26)24-8-10-27-11-9-24/h1-7,12H,8-11H2,(H,23,25). The van der Waals surface area contributed by atoms with Gasteiger partial charge in [-0.1, -0.05) is 6.07 Å². The Bertz CT molecular complexity index is 850. The number of nitrogens with zero attached hydrogens (tertiary/aromatic N) is 1. The van der Waals surface area contributed by atoms with Crippen LogP contribution in [0, 0.1) is 0 Å². The number of thioether (sulfide) groups is 1. The molecular formula is C19H17F3N2O3S. The van der Waals surface area contributed by atoms with Crippen LogP contribution in [0.2, 0.25) is 0 Å². The molecule has 0 saturated carbocycles. The number of carbonyl (C=O) groups is 2. The van der Waals surface area contributed by atoms with Crippen LogP contribution in [0.25, 0.3) is 0 Å². The topological polar surface area (TPSA) is 58.6 Å². The van der Waals surface area contributed by atoms with E-state index in [-0.39, 0.29) is 28.1 Å². The lowest BCUT2D eigenvalue weighted by molar-refractivity contribution is -0.0328. The van der Waals surface area contributed by atoms with E-state index in [9.17, 15) is 22.8 Å². The number of ether oxygens (including phenoxy) is 1. The molecule has 1 heterocycles. The van der Waals surface area contributed by atoms with E-state index in [4.69, 9.17) is 4.74 Å². The van der Waals surface area contributed by atoms with E-state index in [1.165, 1.54) is 24.3 Å². The molecule has 0 bridgehead atoms. The highest BCUT2D eigenvalue weighted by molar-refractivity contribution is 8.00. The van der Waals surface area contributed by atoms with Crippen LogP contribution in [-0.2, 0) is 4.74 Å². The average Bonchev–Trinajstić information content (AvgIpc) is 2.67. The Kier molecular flexibility index (Phi) is 6.25. The van der Waals surface area contributed by atoms with Crippen molar-refractivity contribution in [2.24, 2.45) is 0 Å². The van der Waals surface area contributed by atoms with Gasteiger partial charge in [0, 0.05) is 34.8 Å². The quantitative estimate of drug-likeness (QED) is 0.774. The van der Waals surface area contributed by atoms with Gasteiger partial charge in [-0.15, -0.1) is 0 Å². The zero-order chi connectivity index (χ0) is 20.1. The maximum atomic E-state index is 12.5. The Hall–Kier alpha value is -2.52. The molecule has 9 heteroatoms. The molecule has 5 nitrogen and oxygen atoms in total. The van der Waals surface area contributed by atoms with Gasteiger partial charge in [-0.05, 0) is 54.2 Å². The number of anilines is 1. The van der Waals surface area contributed by atoms with Gasteiger partial charge in [-0.25, -0.2) is 0 Å². The summed E-state index contributed by atoms with van der Waals surface area (Å²) in [4.78, 5) is 26.5. The summed E-state index contributed by atoms with van der Waals surface area (Å²) in [7, 11) is 0. The van der Waals surface area contributed by atoms with Gasteiger partial charge in [0.1, 0.15) is 0 Å². The van der Waals surface area contributed by atoms with Gasteiger partial charge < -0.3 is 15.0 Å². The third kappa shape index (κ3) is 5.49. The maximum absolute atomic E-state index is 12.5. The Morgan fingerprint density at radius 3 is 2.32 bits per heavy atom. The first-order valence-electron chi connectivity index (χ1n) is 8.46. The molecule has 0 aromatic heterocycles. The van der Waals surface area contributed by atoms with Crippen molar-refractivity contribution in [3.8, 4) is 0 Å². The number of hydrogen-bond donors (Lipinski definition) is 1. The first-order valence-corrected chi connectivity index (χ1v) is 9.28. The van der Waals surface area contributed by atoms with E-state index in [0.29, 0.717) is 37.6 Å². The van der Waals surface area contributed by atoms with Crippen molar-refractivity contribution in [1.82, 2.24) is 4.90 Å². The zero-order valence-corrected chi connectivity index (χ0v) is 15.5. The number of halogens is 3. The van der Waals surface area contributed by atoms with Crippen molar-refractivity contribution in [3.05, 3.63) is 59.7 Å². The number of morpholine rings is 1. The molecule has 148 valence electrons. The summed E-state index contributed by atoms with van der Waals surface area (Å²) in [5, 5.41) is 2.66. The molecule has 0 spiro atoms. The number of rotatable bonds is 4. The minimum Gasteiger partial charge on any atom is -0.378 e. The smallest absolute Gasteiger partial charge is 0.378 e. The van der Waals surface area contributed by atoms with Gasteiger partial charge >= 0.3 is 5.51 Å². The number of amides is 2. The molecule has 0 unspecified atom stereocenters. The van der Waals surface area contributed by atoms with Crippen LogP contribution >= 0.6 is 11.8 Å². The molecule has 2 aromatic carbocycles. The third-order valence-electron chi connectivity index (χ3n) is 4.02. The molecule has 0 radical (unpaired) electrons. The van der Waals surface area contributed by atoms with Gasteiger partial charge in [0.05, 0.1) is 13.2 Å². The molecule has 3 rings (SSSR count). The lowest BCUT2D eigenvalue weighted by Gasteiger charge is -2.27. The summed E-state index contributed by atoms with van der Waals surface area (Å²) >= 11 is -0.239. The highest BCUT2D eigenvalue weighted by Crippen LogP contribution is 2.36. The van der Waals surface area contributed by atoms with Crippen LogP contribution in [0.3, 0.4) is 0 Å². The van der Waals surface area contributed by atoms with E-state index < -0.39 is 11.4 Å². The van der Waals surface area contributed by atoms with Crippen molar-refractivity contribution in [2.45, 2.75) is 10.4 Å². The SMILES string of the molecule is O=C(Nc1cccc(C(=O)N2CCOCC2)c1)c1ccc(SC(F)(F)F)cc1. The highest BCUT2D eigenvalue weighted by atomic mass is 32.2. The average molecular weight is 410 g/mol. The van der Waals surface area contributed by atoms with E-state index in [1.54, 1.807) is 29.2 Å². The van der Waals surface area contributed by atoms with Crippen molar-refractivity contribution in [2.75, 3.05) is 31.6 Å². The predicted octanol–water partition coefficient (Wildman–Crippen LogP) is 4.02. The largest absolute Gasteiger partial charge is 0.446 e. The van der Waals surface area contributed by atoms with Gasteiger partial charge in [0.15, 0.2) is 0 Å². The van der Waals surface area contributed by atoms with Gasteiger partial charge in [-0.2, -0.15) is 13.2 Å².